The van der Waals surface area contributed by atoms with Crippen molar-refractivity contribution in [2.24, 2.45) is 5.92 Å². The standard InChI is InChI=1S/C13H20N2O/c1-10(2)8-11-4-7-14-12(15-11)13(9-16)5-3-6-13/h4,7,10,16H,3,5-6,8-9H2,1-2H3. The number of hydrogen-bond acceptors (Lipinski definition) is 3. The van der Waals surface area contributed by atoms with Crippen LogP contribution in [0.2, 0.25) is 0 Å². The maximum Gasteiger partial charge on any atom is 0.136 e. The van der Waals surface area contributed by atoms with Crippen LogP contribution in [0.25, 0.3) is 0 Å². The van der Waals surface area contributed by atoms with E-state index in [0.29, 0.717) is 5.92 Å². The Kier molecular flexibility index (Phi) is 3.24. The summed E-state index contributed by atoms with van der Waals surface area (Å²) in [6.07, 6.45) is 6.04. The molecule has 16 heavy (non-hydrogen) atoms. The highest BCUT2D eigenvalue weighted by Gasteiger charge is 2.40. The second-order valence-corrected chi connectivity index (χ2v) is 5.26. The van der Waals surface area contributed by atoms with Gasteiger partial charge in [0.1, 0.15) is 5.82 Å². The lowest BCUT2D eigenvalue weighted by molar-refractivity contribution is 0.112. The third-order valence-electron chi connectivity index (χ3n) is 3.42. The summed E-state index contributed by atoms with van der Waals surface area (Å²) < 4.78 is 0. The smallest absolute Gasteiger partial charge is 0.136 e. The van der Waals surface area contributed by atoms with Gasteiger partial charge < -0.3 is 5.11 Å². The highest BCUT2D eigenvalue weighted by atomic mass is 16.3. The van der Waals surface area contributed by atoms with Gasteiger partial charge in [-0.15, -0.1) is 0 Å². The topological polar surface area (TPSA) is 46.0 Å². The van der Waals surface area contributed by atoms with E-state index in [4.69, 9.17) is 0 Å². The minimum atomic E-state index is -0.132. The zero-order valence-electron chi connectivity index (χ0n) is 10.1. The van der Waals surface area contributed by atoms with Gasteiger partial charge in [0.05, 0.1) is 12.0 Å². The maximum absolute atomic E-state index is 9.48. The first-order valence-corrected chi connectivity index (χ1v) is 6.09. The van der Waals surface area contributed by atoms with E-state index in [1.165, 1.54) is 6.42 Å². The molecule has 0 aliphatic heterocycles. The van der Waals surface area contributed by atoms with Crippen molar-refractivity contribution < 1.29 is 5.11 Å². The lowest BCUT2D eigenvalue weighted by Gasteiger charge is -2.38. The molecule has 1 fully saturated rings. The maximum atomic E-state index is 9.48. The summed E-state index contributed by atoms with van der Waals surface area (Å²) in [5, 5.41) is 9.48. The zero-order chi connectivity index (χ0) is 11.6. The molecule has 1 saturated carbocycles. The minimum Gasteiger partial charge on any atom is -0.395 e. The van der Waals surface area contributed by atoms with Crippen LogP contribution in [-0.2, 0) is 11.8 Å². The fourth-order valence-corrected chi connectivity index (χ4v) is 2.24. The summed E-state index contributed by atoms with van der Waals surface area (Å²) in [4.78, 5) is 8.95. The summed E-state index contributed by atoms with van der Waals surface area (Å²) in [6.45, 7) is 4.55. The molecular weight excluding hydrogens is 200 g/mol. The quantitative estimate of drug-likeness (QED) is 0.845. The number of aliphatic hydroxyl groups is 1. The van der Waals surface area contributed by atoms with Crippen LogP contribution in [0, 0.1) is 5.92 Å². The Hall–Kier alpha value is -0.960. The van der Waals surface area contributed by atoms with Crippen LogP contribution in [0.3, 0.4) is 0 Å². The van der Waals surface area contributed by atoms with Gasteiger partial charge in [0.2, 0.25) is 0 Å². The van der Waals surface area contributed by atoms with Gasteiger partial charge in [0, 0.05) is 11.9 Å². The van der Waals surface area contributed by atoms with Crippen LogP contribution < -0.4 is 0 Å². The molecule has 0 atom stereocenters. The van der Waals surface area contributed by atoms with E-state index in [9.17, 15) is 5.11 Å². The molecule has 1 N–H and O–H groups in total. The Balaban J connectivity index is 2.21. The molecule has 3 nitrogen and oxygen atoms in total. The van der Waals surface area contributed by atoms with Crippen molar-refractivity contribution in [1.82, 2.24) is 9.97 Å². The molecular formula is C13H20N2O. The van der Waals surface area contributed by atoms with E-state index >= 15 is 0 Å². The highest BCUT2D eigenvalue weighted by Crippen LogP contribution is 2.41. The number of aliphatic hydroxyl groups excluding tert-OH is 1. The Labute approximate surface area is 96.9 Å². The molecule has 88 valence electrons. The molecule has 0 spiro atoms. The second-order valence-electron chi connectivity index (χ2n) is 5.26. The van der Waals surface area contributed by atoms with Gasteiger partial charge in [-0.2, -0.15) is 0 Å². The molecule has 1 aliphatic carbocycles. The summed E-state index contributed by atoms with van der Waals surface area (Å²) in [7, 11) is 0. The fourth-order valence-electron chi connectivity index (χ4n) is 2.24. The predicted molar refractivity (Wildman–Crippen MR) is 63.2 cm³/mol. The average molecular weight is 220 g/mol. The first-order valence-electron chi connectivity index (χ1n) is 6.09. The minimum absolute atomic E-state index is 0.132. The Bertz CT molecular complexity index is 353. The van der Waals surface area contributed by atoms with Gasteiger partial charge >= 0.3 is 0 Å². The molecule has 0 aromatic carbocycles. The van der Waals surface area contributed by atoms with Gasteiger partial charge in [0.15, 0.2) is 0 Å². The van der Waals surface area contributed by atoms with Crippen molar-refractivity contribution in [1.29, 1.82) is 0 Å². The lowest BCUT2D eigenvalue weighted by Crippen LogP contribution is -2.39. The van der Waals surface area contributed by atoms with Crippen LogP contribution in [-0.4, -0.2) is 21.7 Å². The number of rotatable bonds is 4. The second kappa shape index (κ2) is 4.50. The van der Waals surface area contributed by atoms with Gasteiger partial charge in [0.25, 0.3) is 0 Å². The van der Waals surface area contributed by atoms with Gasteiger partial charge in [-0.3, -0.25) is 0 Å². The number of aromatic nitrogens is 2. The lowest BCUT2D eigenvalue weighted by atomic mass is 9.68. The van der Waals surface area contributed by atoms with E-state index < -0.39 is 0 Å². The molecule has 0 bridgehead atoms. The molecule has 0 radical (unpaired) electrons. The van der Waals surface area contributed by atoms with Crippen molar-refractivity contribution in [3.05, 3.63) is 23.8 Å². The molecule has 1 aliphatic rings. The van der Waals surface area contributed by atoms with E-state index in [0.717, 1.165) is 30.8 Å². The van der Waals surface area contributed by atoms with E-state index in [2.05, 4.69) is 23.8 Å². The molecule has 1 aromatic heterocycles. The first-order chi connectivity index (χ1) is 7.66. The van der Waals surface area contributed by atoms with Crippen molar-refractivity contribution in [2.45, 2.75) is 44.9 Å². The third-order valence-corrected chi connectivity index (χ3v) is 3.42. The Morgan fingerprint density at radius 3 is 2.69 bits per heavy atom. The highest BCUT2D eigenvalue weighted by molar-refractivity contribution is 5.16. The fraction of sp³-hybridized carbons (Fsp3) is 0.692. The molecule has 0 saturated heterocycles. The van der Waals surface area contributed by atoms with E-state index in [-0.39, 0.29) is 12.0 Å². The molecule has 0 amide bonds. The normalized spacial score (nSPS) is 18.5. The van der Waals surface area contributed by atoms with Crippen LogP contribution in [0.1, 0.15) is 44.6 Å². The van der Waals surface area contributed by atoms with Crippen LogP contribution in [0.5, 0.6) is 0 Å². The Morgan fingerprint density at radius 2 is 2.19 bits per heavy atom. The molecule has 1 aromatic rings. The molecule has 3 heteroatoms. The molecule has 1 heterocycles. The number of hydrogen-bond donors (Lipinski definition) is 1. The summed E-state index contributed by atoms with van der Waals surface area (Å²) in [5.41, 5.74) is 0.965. The third kappa shape index (κ3) is 2.09. The average Bonchev–Trinajstić information content (AvgIpc) is 2.16. The van der Waals surface area contributed by atoms with Gasteiger partial charge in [-0.25, -0.2) is 9.97 Å². The SMILES string of the molecule is CC(C)Cc1ccnc(C2(CO)CCC2)n1. The Morgan fingerprint density at radius 1 is 1.44 bits per heavy atom. The van der Waals surface area contributed by atoms with Crippen LogP contribution in [0.15, 0.2) is 12.3 Å². The molecule has 0 unspecified atom stereocenters. The van der Waals surface area contributed by atoms with Gasteiger partial charge in [-0.1, -0.05) is 20.3 Å². The molecule has 2 rings (SSSR count). The van der Waals surface area contributed by atoms with E-state index in [1.807, 2.05) is 12.3 Å². The summed E-state index contributed by atoms with van der Waals surface area (Å²) >= 11 is 0. The largest absolute Gasteiger partial charge is 0.395 e. The zero-order valence-corrected chi connectivity index (χ0v) is 10.1. The summed E-state index contributed by atoms with van der Waals surface area (Å²) in [5.74, 6) is 1.45. The monoisotopic (exact) mass is 220 g/mol. The van der Waals surface area contributed by atoms with Crippen LogP contribution in [0.4, 0.5) is 0 Å². The van der Waals surface area contributed by atoms with Gasteiger partial charge in [-0.05, 0) is 31.2 Å². The predicted octanol–water partition coefficient (Wildman–Crippen LogP) is 2.09. The van der Waals surface area contributed by atoms with Crippen molar-refractivity contribution in [2.75, 3.05) is 6.61 Å². The van der Waals surface area contributed by atoms with Crippen LogP contribution >= 0.6 is 0 Å². The van der Waals surface area contributed by atoms with Crippen molar-refractivity contribution in [3.8, 4) is 0 Å². The van der Waals surface area contributed by atoms with Crippen molar-refractivity contribution in [3.63, 3.8) is 0 Å². The summed E-state index contributed by atoms with van der Waals surface area (Å²) in [6, 6.07) is 1.98. The number of nitrogens with zero attached hydrogens (tertiary/aromatic N) is 2. The first kappa shape index (κ1) is 11.5. The van der Waals surface area contributed by atoms with E-state index in [1.54, 1.807) is 0 Å². The van der Waals surface area contributed by atoms with Crippen molar-refractivity contribution >= 4 is 0 Å².